The summed E-state index contributed by atoms with van der Waals surface area (Å²) in [5, 5.41) is 5.14. The first-order valence-electron chi connectivity index (χ1n) is 9.36. The number of aromatic nitrogens is 2. The second-order valence-corrected chi connectivity index (χ2v) is 10.2. The average Bonchev–Trinajstić information content (AvgIpc) is 3.03. The van der Waals surface area contributed by atoms with Gasteiger partial charge in [0.25, 0.3) is 0 Å². The fourth-order valence-corrected chi connectivity index (χ4v) is 5.36. The Bertz CT molecular complexity index is 1300. The highest BCUT2D eigenvalue weighted by Gasteiger charge is 2.25. The van der Waals surface area contributed by atoms with Crippen molar-refractivity contribution in [2.75, 3.05) is 6.26 Å². The largest absolute Gasteiger partial charge is 0.472 e. The number of aryl methyl sites for hydroxylation is 2. The summed E-state index contributed by atoms with van der Waals surface area (Å²) in [5.74, 6) is -0.00744. The van der Waals surface area contributed by atoms with Gasteiger partial charge in [-0.15, -0.1) is 0 Å². The first-order valence-corrected chi connectivity index (χ1v) is 12.0. The van der Waals surface area contributed by atoms with Crippen molar-refractivity contribution in [3.63, 3.8) is 0 Å². The molecule has 0 amide bonds. The Morgan fingerprint density at radius 2 is 1.77 bits per heavy atom. The molecule has 0 aliphatic rings. The van der Waals surface area contributed by atoms with Crippen molar-refractivity contribution in [3.05, 3.63) is 73.9 Å². The van der Waals surface area contributed by atoms with Crippen molar-refractivity contribution in [3.8, 4) is 5.88 Å². The lowest BCUT2D eigenvalue weighted by atomic mass is 9.95. The van der Waals surface area contributed by atoms with E-state index in [1.54, 1.807) is 52.1 Å². The SMILES string of the molecule is Cc1cc(C(=O)c2cnn(C)c2OCc2ccc(Cl)cc2Cl)c(C)c(C)c1S(C)(=O)=O. The van der Waals surface area contributed by atoms with Gasteiger partial charge in [-0.05, 0) is 55.7 Å². The van der Waals surface area contributed by atoms with Crippen molar-refractivity contribution in [2.45, 2.75) is 32.3 Å². The minimum absolute atomic E-state index is 0.125. The quantitative estimate of drug-likeness (QED) is 0.470. The second kappa shape index (κ2) is 8.65. The second-order valence-electron chi connectivity index (χ2n) is 7.43. The van der Waals surface area contributed by atoms with E-state index in [1.165, 1.54) is 10.9 Å². The Hall–Kier alpha value is -2.35. The monoisotopic (exact) mass is 480 g/mol. The number of rotatable bonds is 6. The Morgan fingerprint density at radius 1 is 1.10 bits per heavy atom. The van der Waals surface area contributed by atoms with Crippen LogP contribution >= 0.6 is 23.2 Å². The van der Waals surface area contributed by atoms with Crippen molar-refractivity contribution in [2.24, 2.45) is 7.05 Å². The van der Waals surface area contributed by atoms with E-state index in [-0.39, 0.29) is 28.7 Å². The van der Waals surface area contributed by atoms with E-state index in [0.717, 1.165) is 6.26 Å². The number of ether oxygens (including phenoxy) is 1. The molecule has 3 rings (SSSR count). The lowest BCUT2D eigenvalue weighted by molar-refractivity contribution is 0.103. The fourth-order valence-electron chi connectivity index (χ4n) is 3.55. The molecule has 3 aromatic rings. The van der Waals surface area contributed by atoms with Crippen molar-refractivity contribution < 1.29 is 17.9 Å². The minimum Gasteiger partial charge on any atom is -0.472 e. The van der Waals surface area contributed by atoms with Crippen molar-refractivity contribution in [1.29, 1.82) is 0 Å². The molecule has 31 heavy (non-hydrogen) atoms. The third-order valence-electron chi connectivity index (χ3n) is 5.15. The summed E-state index contributed by atoms with van der Waals surface area (Å²) in [5.41, 5.74) is 3.09. The van der Waals surface area contributed by atoms with Gasteiger partial charge in [-0.25, -0.2) is 13.1 Å². The first-order chi connectivity index (χ1) is 14.4. The molecule has 2 aromatic carbocycles. The van der Waals surface area contributed by atoms with Gasteiger partial charge in [0, 0.05) is 34.5 Å². The van der Waals surface area contributed by atoms with Gasteiger partial charge >= 0.3 is 0 Å². The molecule has 9 heteroatoms. The number of hydrogen-bond acceptors (Lipinski definition) is 5. The van der Waals surface area contributed by atoms with Gasteiger partial charge in [0.15, 0.2) is 15.6 Å². The zero-order valence-corrected chi connectivity index (χ0v) is 20.1. The number of benzene rings is 2. The molecular formula is C22H22Cl2N2O4S. The molecule has 0 saturated heterocycles. The highest BCUT2D eigenvalue weighted by Crippen LogP contribution is 2.30. The van der Waals surface area contributed by atoms with Gasteiger partial charge in [-0.3, -0.25) is 4.79 Å². The van der Waals surface area contributed by atoms with E-state index in [2.05, 4.69) is 5.10 Å². The summed E-state index contributed by atoms with van der Waals surface area (Å²) >= 11 is 12.1. The Morgan fingerprint density at radius 3 is 2.39 bits per heavy atom. The van der Waals surface area contributed by atoms with Crippen LogP contribution in [0.15, 0.2) is 35.4 Å². The van der Waals surface area contributed by atoms with E-state index in [0.29, 0.717) is 37.9 Å². The Balaban J connectivity index is 1.99. The summed E-state index contributed by atoms with van der Waals surface area (Å²) in [6, 6.07) is 6.69. The molecule has 0 radical (unpaired) electrons. The molecular weight excluding hydrogens is 459 g/mol. The highest BCUT2D eigenvalue weighted by atomic mass is 35.5. The minimum atomic E-state index is -3.42. The number of carbonyl (C=O) groups excluding carboxylic acids is 1. The van der Waals surface area contributed by atoms with E-state index in [4.69, 9.17) is 27.9 Å². The van der Waals surface area contributed by atoms with Gasteiger partial charge in [-0.2, -0.15) is 5.10 Å². The van der Waals surface area contributed by atoms with Gasteiger partial charge < -0.3 is 4.74 Å². The molecule has 0 atom stereocenters. The third-order valence-corrected chi connectivity index (χ3v) is 7.11. The topological polar surface area (TPSA) is 78.3 Å². The lowest BCUT2D eigenvalue weighted by Crippen LogP contribution is -2.12. The van der Waals surface area contributed by atoms with E-state index in [9.17, 15) is 13.2 Å². The molecule has 0 fully saturated rings. The Kier molecular flexibility index (Phi) is 6.51. The standard InChI is InChI=1S/C22H22Cl2N2O4S/c1-12-8-17(13(2)14(3)21(12)31(5,28)29)20(27)18-10-25-26(4)22(18)30-11-15-6-7-16(23)9-19(15)24/h6-10H,11H2,1-5H3. The van der Waals surface area contributed by atoms with E-state index in [1.807, 2.05) is 0 Å². The fraction of sp³-hybridized carbons (Fsp3) is 0.273. The molecule has 0 N–H and O–H groups in total. The maximum Gasteiger partial charge on any atom is 0.223 e. The van der Waals surface area contributed by atoms with Crippen LogP contribution < -0.4 is 4.74 Å². The smallest absolute Gasteiger partial charge is 0.223 e. The molecule has 0 aliphatic heterocycles. The van der Waals surface area contributed by atoms with E-state index >= 15 is 0 Å². The first kappa shape index (κ1) is 23.3. The molecule has 0 bridgehead atoms. The predicted octanol–water partition coefficient (Wildman–Crippen LogP) is 4.87. The third kappa shape index (κ3) is 4.63. The molecule has 164 valence electrons. The lowest BCUT2D eigenvalue weighted by Gasteiger charge is -2.15. The highest BCUT2D eigenvalue weighted by molar-refractivity contribution is 7.90. The number of nitrogens with zero attached hydrogens (tertiary/aromatic N) is 2. The molecule has 0 aliphatic carbocycles. The van der Waals surface area contributed by atoms with Crippen LogP contribution in [0.3, 0.4) is 0 Å². The van der Waals surface area contributed by atoms with Crippen LogP contribution in [0.25, 0.3) is 0 Å². The summed E-state index contributed by atoms with van der Waals surface area (Å²) in [7, 11) is -1.75. The van der Waals surface area contributed by atoms with Crippen LogP contribution in [0.5, 0.6) is 5.88 Å². The van der Waals surface area contributed by atoms with Crippen LogP contribution in [-0.2, 0) is 23.5 Å². The van der Waals surface area contributed by atoms with Crippen molar-refractivity contribution >= 4 is 38.8 Å². The van der Waals surface area contributed by atoms with Gasteiger partial charge in [0.05, 0.1) is 11.1 Å². The number of carbonyl (C=O) groups is 1. The average molecular weight is 481 g/mol. The summed E-state index contributed by atoms with van der Waals surface area (Å²) in [6.07, 6.45) is 2.61. The zero-order chi connectivity index (χ0) is 23.1. The number of ketones is 1. The summed E-state index contributed by atoms with van der Waals surface area (Å²) in [6.45, 7) is 5.25. The maximum absolute atomic E-state index is 13.4. The van der Waals surface area contributed by atoms with Gasteiger partial charge in [-0.1, -0.05) is 29.3 Å². The number of hydrogen-bond donors (Lipinski definition) is 0. The number of halogens is 2. The zero-order valence-electron chi connectivity index (χ0n) is 17.8. The van der Waals surface area contributed by atoms with Crippen LogP contribution in [-0.4, -0.2) is 30.2 Å². The number of sulfone groups is 1. The van der Waals surface area contributed by atoms with E-state index < -0.39 is 9.84 Å². The summed E-state index contributed by atoms with van der Waals surface area (Å²) in [4.78, 5) is 13.6. The van der Waals surface area contributed by atoms with Gasteiger partial charge in [0.1, 0.15) is 12.2 Å². The van der Waals surface area contributed by atoms with Crippen LogP contribution in [0.2, 0.25) is 10.0 Å². The van der Waals surface area contributed by atoms with Crippen molar-refractivity contribution in [1.82, 2.24) is 9.78 Å². The Labute approximate surface area is 191 Å². The summed E-state index contributed by atoms with van der Waals surface area (Å²) < 4.78 is 31.7. The molecule has 6 nitrogen and oxygen atoms in total. The molecule has 0 unspecified atom stereocenters. The molecule has 1 heterocycles. The normalized spacial score (nSPS) is 11.6. The molecule has 0 spiro atoms. The molecule has 0 saturated carbocycles. The maximum atomic E-state index is 13.4. The molecule has 1 aromatic heterocycles. The van der Waals surface area contributed by atoms with Crippen LogP contribution in [0, 0.1) is 20.8 Å². The van der Waals surface area contributed by atoms with Crippen LogP contribution in [0.4, 0.5) is 0 Å². The van der Waals surface area contributed by atoms with Gasteiger partial charge in [0.2, 0.25) is 5.88 Å². The predicted molar refractivity (Wildman–Crippen MR) is 121 cm³/mol. The van der Waals surface area contributed by atoms with Crippen LogP contribution in [0.1, 0.15) is 38.2 Å².